The van der Waals surface area contributed by atoms with E-state index in [1.807, 2.05) is 11.3 Å². The predicted octanol–water partition coefficient (Wildman–Crippen LogP) is 3.03. The van der Waals surface area contributed by atoms with Gasteiger partial charge in [-0.1, -0.05) is 24.3 Å². The molecule has 0 bridgehead atoms. The van der Waals surface area contributed by atoms with E-state index >= 15 is 0 Å². The third kappa shape index (κ3) is 2.92. The van der Waals surface area contributed by atoms with E-state index in [4.69, 9.17) is 9.72 Å². The van der Waals surface area contributed by atoms with E-state index in [-0.39, 0.29) is 0 Å². The van der Waals surface area contributed by atoms with Crippen LogP contribution < -0.4 is 5.32 Å². The molecule has 0 saturated carbocycles. The molecule has 1 aromatic carbocycles. The van der Waals surface area contributed by atoms with E-state index in [9.17, 15) is 0 Å². The molecule has 1 aliphatic carbocycles. The molecule has 0 aliphatic heterocycles. The average molecular weight is 288 g/mol. The summed E-state index contributed by atoms with van der Waals surface area (Å²) >= 11 is 1.86. The lowest BCUT2D eigenvalue weighted by Gasteiger charge is -2.04. The number of hydrogen-bond donors (Lipinski definition) is 1. The van der Waals surface area contributed by atoms with Gasteiger partial charge < -0.3 is 10.1 Å². The molecular weight excluding hydrogens is 268 g/mol. The van der Waals surface area contributed by atoms with Crippen molar-refractivity contribution in [2.75, 3.05) is 20.3 Å². The van der Waals surface area contributed by atoms with Gasteiger partial charge in [-0.25, -0.2) is 4.98 Å². The van der Waals surface area contributed by atoms with Crippen LogP contribution >= 0.6 is 11.3 Å². The maximum absolute atomic E-state index is 5.04. The van der Waals surface area contributed by atoms with E-state index in [0.29, 0.717) is 0 Å². The fourth-order valence-electron chi connectivity index (χ4n) is 2.63. The molecule has 3 rings (SSSR count). The summed E-state index contributed by atoms with van der Waals surface area (Å²) in [6.07, 6.45) is 3.54. The molecule has 106 valence electrons. The number of thiazole rings is 1. The Morgan fingerprint density at radius 2 is 2.20 bits per heavy atom. The van der Waals surface area contributed by atoms with Crippen LogP contribution in [0.25, 0.3) is 11.3 Å². The van der Waals surface area contributed by atoms with Gasteiger partial charge in [0.25, 0.3) is 0 Å². The molecule has 0 saturated heterocycles. The normalized spacial score (nSPS) is 13.7. The fourth-order valence-corrected chi connectivity index (χ4v) is 3.73. The highest BCUT2D eigenvalue weighted by molar-refractivity contribution is 7.12. The van der Waals surface area contributed by atoms with Gasteiger partial charge in [0, 0.05) is 30.6 Å². The summed E-state index contributed by atoms with van der Waals surface area (Å²) in [7, 11) is 1.73. The third-order valence-corrected chi connectivity index (χ3v) is 4.74. The summed E-state index contributed by atoms with van der Waals surface area (Å²) < 4.78 is 5.04. The third-order valence-electron chi connectivity index (χ3n) is 3.62. The molecule has 0 unspecified atom stereocenters. The summed E-state index contributed by atoms with van der Waals surface area (Å²) in [5, 5.41) is 4.56. The van der Waals surface area contributed by atoms with E-state index in [0.717, 1.165) is 26.1 Å². The van der Waals surface area contributed by atoms with Gasteiger partial charge in [0.15, 0.2) is 0 Å². The first-order chi connectivity index (χ1) is 9.88. The van der Waals surface area contributed by atoms with Crippen LogP contribution in [0.2, 0.25) is 0 Å². The Bertz CT molecular complexity index is 580. The van der Waals surface area contributed by atoms with Crippen LogP contribution in [-0.2, 0) is 24.1 Å². The number of nitrogens with zero attached hydrogens (tertiary/aromatic N) is 1. The molecule has 0 radical (unpaired) electrons. The lowest BCUT2D eigenvalue weighted by molar-refractivity contribution is 0.199. The van der Waals surface area contributed by atoms with Gasteiger partial charge in [-0.3, -0.25) is 0 Å². The van der Waals surface area contributed by atoms with Gasteiger partial charge in [0.05, 0.1) is 12.3 Å². The first kappa shape index (κ1) is 13.7. The van der Waals surface area contributed by atoms with Gasteiger partial charge in [-0.15, -0.1) is 11.3 Å². The van der Waals surface area contributed by atoms with Crippen molar-refractivity contribution in [1.82, 2.24) is 10.3 Å². The number of ether oxygens (including phenoxy) is 1. The molecule has 1 N–H and O–H groups in total. The number of fused-ring (bicyclic) bond motifs is 3. The SMILES string of the molecule is COCCNCc1nc2c(s1)CCCc1ccccc1-2. The van der Waals surface area contributed by atoms with Gasteiger partial charge in [-0.2, -0.15) is 0 Å². The van der Waals surface area contributed by atoms with E-state index < -0.39 is 0 Å². The largest absolute Gasteiger partial charge is 0.383 e. The number of benzene rings is 1. The number of hydrogen-bond acceptors (Lipinski definition) is 4. The van der Waals surface area contributed by atoms with Crippen molar-refractivity contribution in [2.24, 2.45) is 0 Å². The van der Waals surface area contributed by atoms with E-state index in [1.165, 1.54) is 39.5 Å². The van der Waals surface area contributed by atoms with E-state index in [2.05, 4.69) is 29.6 Å². The second-order valence-electron chi connectivity index (χ2n) is 5.06. The van der Waals surface area contributed by atoms with Crippen molar-refractivity contribution in [3.8, 4) is 11.3 Å². The molecule has 1 aromatic heterocycles. The number of aryl methyl sites for hydroxylation is 2. The molecule has 4 heteroatoms. The first-order valence-corrected chi connectivity index (χ1v) is 7.96. The van der Waals surface area contributed by atoms with Crippen LogP contribution in [0.3, 0.4) is 0 Å². The predicted molar refractivity (Wildman–Crippen MR) is 83.2 cm³/mol. The summed E-state index contributed by atoms with van der Waals surface area (Å²) in [6.45, 7) is 2.45. The maximum Gasteiger partial charge on any atom is 0.107 e. The zero-order valence-electron chi connectivity index (χ0n) is 11.8. The van der Waals surface area contributed by atoms with Crippen molar-refractivity contribution < 1.29 is 4.74 Å². The minimum atomic E-state index is 0.744. The fraction of sp³-hybridized carbons (Fsp3) is 0.438. The van der Waals surface area contributed by atoms with Gasteiger partial charge in [0.1, 0.15) is 5.01 Å². The van der Waals surface area contributed by atoms with Gasteiger partial charge >= 0.3 is 0 Å². The zero-order chi connectivity index (χ0) is 13.8. The van der Waals surface area contributed by atoms with Crippen LogP contribution in [0, 0.1) is 0 Å². The van der Waals surface area contributed by atoms with Gasteiger partial charge in [0.2, 0.25) is 0 Å². The second kappa shape index (κ2) is 6.48. The van der Waals surface area contributed by atoms with Crippen LogP contribution in [0.1, 0.15) is 21.9 Å². The first-order valence-electron chi connectivity index (χ1n) is 7.15. The summed E-state index contributed by atoms with van der Waals surface area (Å²) in [5.74, 6) is 0. The lowest BCUT2D eigenvalue weighted by Crippen LogP contribution is -2.18. The molecule has 0 atom stereocenters. The highest BCUT2D eigenvalue weighted by Crippen LogP contribution is 2.35. The Kier molecular flexibility index (Phi) is 4.45. The van der Waals surface area contributed by atoms with E-state index in [1.54, 1.807) is 7.11 Å². The van der Waals surface area contributed by atoms with Crippen LogP contribution in [0.4, 0.5) is 0 Å². The molecule has 0 amide bonds. The molecule has 2 aromatic rings. The van der Waals surface area contributed by atoms with Crippen molar-refractivity contribution in [2.45, 2.75) is 25.8 Å². The summed E-state index contributed by atoms with van der Waals surface area (Å²) in [6, 6.07) is 8.69. The second-order valence-corrected chi connectivity index (χ2v) is 6.23. The van der Waals surface area contributed by atoms with Crippen molar-refractivity contribution in [3.05, 3.63) is 39.7 Å². The Hall–Kier alpha value is -1.23. The van der Waals surface area contributed by atoms with Gasteiger partial charge in [-0.05, 0) is 24.8 Å². The Labute approximate surface area is 124 Å². The highest BCUT2D eigenvalue weighted by Gasteiger charge is 2.18. The topological polar surface area (TPSA) is 34.1 Å². The maximum atomic E-state index is 5.04. The standard InChI is InChI=1S/C16H20N2OS/c1-19-10-9-17-11-15-18-16-13-7-3-2-5-12(13)6-4-8-14(16)20-15/h2-3,5,7,17H,4,6,8-11H2,1H3. The molecular formula is C16H20N2OS. The quantitative estimate of drug-likeness (QED) is 0.859. The molecule has 20 heavy (non-hydrogen) atoms. The molecule has 3 nitrogen and oxygen atoms in total. The number of rotatable bonds is 5. The smallest absolute Gasteiger partial charge is 0.107 e. The summed E-state index contributed by atoms with van der Waals surface area (Å²) in [4.78, 5) is 6.31. The number of nitrogens with one attached hydrogen (secondary N) is 1. The number of methoxy groups -OCH3 is 1. The average Bonchev–Trinajstić information content (AvgIpc) is 2.79. The minimum absolute atomic E-state index is 0.744. The summed E-state index contributed by atoms with van der Waals surface area (Å²) in [5.41, 5.74) is 3.99. The van der Waals surface area contributed by atoms with Crippen LogP contribution in [0.5, 0.6) is 0 Å². The zero-order valence-corrected chi connectivity index (χ0v) is 12.6. The van der Waals surface area contributed by atoms with Crippen molar-refractivity contribution >= 4 is 11.3 Å². The molecule has 0 spiro atoms. The van der Waals surface area contributed by atoms with Crippen LogP contribution in [0.15, 0.2) is 24.3 Å². The molecule has 1 heterocycles. The Morgan fingerprint density at radius 3 is 3.10 bits per heavy atom. The lowest BCUT2D eigenvalue weighted by atomic mass is 10.0. The monoisotopic (exact) mass is 288 g/mol. The Balaban J connectivity index is 1.81. The van der Waals surface area contributed by atoms with Crippen molar-refractivity contribution in [1.29, 1.82) is 0 Å². The van der Waals surface area contributed by atoms with Crippen molar-refractivity contribution in [3.63, 3.8) is 0 Å². The molecule has 0 fully saturated rings. The Morgan fingerprint density at radius 1 is 1.30 bits per heavy atom. The van der Waals surface area contributed by atoms with Crippen LogP contribution in [-0.4, -0.2) is 25.2 Å². The minimum Gasteiger partial charge on any atom is -0.383 e. The number of aromatic nitrogens is 1. The molecule has 1 aliphatic rings. The highest BCUT2D eigenvalue weighted by atomic mass is 32.1.